The van der Waals surface area contributed by atoms with Crippen LogP contribution in [0.5, 0.6) is 5.75 Å². The summed E-state index contributed by atoms with van der Waals surface area (Å²) in [5.41, 5.74) is 0. The molecule has 0 N–H and O–H groups in total. The van der Waals surface area contributed by atoms with E-state index in [0.717, 1.165) is 0 Å². The van der Waals surface area contributed by atoms with Gasteiger partial charge < -0.3 is 9.47 Å². The first kappa shape index (κ1) is 11.2. The number of pyridine rings is 1. The van der Waals surface area contributed by atoms with E-state index >= 15 is 0 Å². The Morgan fingerprint density at radius 3 is 3.13 bits per heavy atom. The van der Waals surface area contributed by atoms with Crippen molar-refractivity contribution < 1.29 is 14.3 Å². The highest BCUT2D eigenvalue weighted by molar-refractivity contribution is 5.81. The van der Waals surface area contributed by atoms with Gasteiger partial charge in [0.1, 0.15) is 12.4 Å². The van der Waals surface area contributed by atoms with Gasteiger partial charge in [-0.05, 0) is 25.1 Å². The van der Waals surface area contributed by atoms with Crippen LogP contribution >= 0.6 is 0 Å². The quantitative estimate of drug-likeness (QED) is 0.543. The second-order valence-electron chi connectivity index (χ2n) is 2.65. The van der Waals surface area contributed by atoms with Gasteiger partial charge >= 0.3 is 5.97 Å². The van der Waals surface area contributed by atoms with Gasteiger partial charge in [0.2, 0.25) is 0 Å². The van der Waals surface area contributed by atoms with E-state index in [1.807, 2.05) is 0 Å². The van der Waals surface area contributed by atoms with Crippen molar-refractivity contribution in [1.29, 1.82) is 0 Å². The summed E-state index contributed by atoms with van der Waals surface area (Å²) >= 11 is 0. The molecule has 0 fully saturated rings. The molecule has 15 heavy (non-hydrogen) atoms. The number of ether oxygens (including phenoxy) is 2. The highest BCUT2D eigenvalue weighted by Gasteiger charge is 1.93. The van der Waals surface area contributed by atoms with Gasteiger partial charge in [-0.3, -0.25) is 4.98 Å². The average molecular weight is 207 g/mol. The van der Waals surface area contributed by atoms with Crippen molar-refractivity contribution in [2.45, 2.75) is 6.92 Å². The molecule has 0 atom stereocenters. The molecule has 0 spiro atoms. The fourth-order valence-electron chi connectivity index (χ4n) is 0.912. The van der Waals surface area contributed by atoms with Crippen LogP contribution in [0.2, 0.25) is 0 Å². The molecule has 0 aliphatic rings. The van der Waals surface area contributed by atoms with E-state index in [-0.39, 0.29) is 5.97 Å². The summed E-state index contributed by atoms with van der Waals surface area (Å²) < 4.78 is 9.98. The van der Waals surface area contributed by atoms with E-state index < -0.39 is 0 Å². The predicted molar refractivity (Wildman–Crippen MR) is 55.5 cm³/mol. The summed E-state index contributed by atoms with van der Waals surface area (Å²) in [5.74, 6) is 0.318. The number of aromatic nitrogens is 1. The summed E-state index contributed by atoms with van der Waals surface area (Å²) in [4.78, 5) is 14.8. The van der Waals surface area contributed by atoms with Crippen LogP contribution in [0, 0.1) is 0 Å². The largest absolute Gasteiger partial charge is 0.488 e. The van der Waals surface area contributed by atoms with Crippen LogP contribution in [-0.4, -0.2) is 24.2 Å². The van der Waals surface area contributed by atoms with Crippen molar-refractivity contribution in [2.75, 3.05) is 13.2 Å². The molecule has 1 rings (SSSR count). The van der Waals surface area contributed by atoms with E-state index in [0.29, 0.717) is 19.0 Å². The Balaban J connectivity index is 2.24. The van der Waals surface area contributed by atoms with Gasteiger partial charge in [0.05, 0.1) is 12.8 Å². The summed E-state index contributed by atoms with van der Waals surface area (Å²) in [6, 6.07) is 3.58. The Morgan fingerprint density at radius 1 is 1.60 bits per heavy atom. The van der Waals surface area contributed by atoms with Crippen LogP contribution in [-0.2, 0) is 9.53 Å². The molecule has 0 radical (unpaired) electrons. The van der Waals surface area contributed by atoms with Crippen LogP contribution in [0.4, 0.5) is 0 Å². The first-order valence-corrected chi connectivity index (χ1v) is 4.69. The predicted octanol–water partition coefficient (Wildman–Crippen LogP) is 1.58. The Hall–Kier alpha value is -1.84. The molecule has 0 unspecified atom stereocenters. The lowest BCUT2D eigenvalue weighted by Crippen LogP contribution is -2.00. The Morgan fingerprint density at radius 2 is 2.47 bits per heavy atom. The van der Waals surface area contributed by atoms with E-state index in [4.69, 9.17) is 9.47 Å². The molecule has 1 aromatic heterocycles. The zero-order valence-corrected chi connectivity index (χ0v) is 8.55. The monoisotopic (exact) mass is 207 g/mol. The summed E-state index contributed by atoms with van der Waals surface area (Å²) in [7, 11) is 0. The molecule has 0 bridgehead atoms. The third-order valence-corrected chi connectivity index (χ3v) is 1.52. The maximum absolute atomic E-state index is 10.9. The molecule has 4 heteroatoms. The molecule has 4 nitrogen and oxygen atoms in total. The number of hydrogen-bond donors (Lipinski definition) is 0. The van der Waals surface area contributed by atoms with Crippen molar-refractivity contribution in [3.63, 3.8) is 0 Å². The lowest BCUT2D eigenvalue weighted by Gasteiger charge is -2.00. The van der Waals surface area contributed by atoms with Gasteiger partial charge in [0.25, 0.3) is 0 Å². The number of rotatable bonds is 5. The molecule has 80 valence electrons. The molecule has 0 aliphatic heterocycles. The Kier molecular flexibility index (Phi) is 4.94. The summed E-state index contributed by atoms with van der Waals surface area (Å²) in [5, 5.41) is 0. The second-order valence-corrected chi connectivity index (χ2v) is 2.65. The van der Waals surface area contributed by atoms with Crippen molar-refractivity contribution in [1.82, 2.24) is 4.98 Å². The van der Waals surface area contributed by atoms with E-state index in [1.165, 1.54) is 6.08 Å². The standard InChI is InChI=1S/C11H13NO3/c1-2-14-11(13)6-4-8-15-10-5-3-7-12-9-10/h3-7,9H,2,8H2,1H3/b6-4+. The lowest BCUT2D eigenvalue weighted by molar-refractivity contribution is -0.137. The van der Waals surface area contributed by atoms with Gasteiger partial charge in [-0.2, -0.15) is 0 Å². The topological polar surface area (TPSA) is 48.4 Å². The lowest BCUT2D eigenvalue weighted by atomic mass is 10.4. The van der Waals surface area contributed by atoms with Crippen LogP contribution in [0.1, 0.15) is 6.92 Å². The number of esters is 1. The molecule has 1 heterocycles. The molecular formula is C11H13NO3. The minimum Gasteiger partial charge on any atom is -0.488 e. The number of carbonyl (C=O) groups is 1. The number of hydrogen-bond acceptors (Lipinski definition) is 4. The Labute approximate surface area is 88.5 Å². The fourth-order valence-corrected chi connectivity index (χ4v) is 0.912. The second kappa shape index (κ2) is 6.59. The molecule has 0 saturated carbocycles. The van der Waals surface area contributed by atoms with Crippen molar-refractivity contribution >= 4 is 5.97 Å². The van der Waals surface area contributed by atoms with E-state index in [2.05, 4.69) is 4.98 Å². The molecule has 0 saturated heterocycles. The van der Waals surface area contributed by atoms with Crippen LogP contribution < -0.4 is 4.74 Å². The van der Waals surface area contributed by atoms with E-state index in [1.54, 1.807) is 37.5 Å². The highest BCUT2D eigenvalue weighted by atomic mass is 16.5. The third kappa shape index (κ3) is 4.81. The summed E-state index contributed by atoms with van der Waals surface area (Å²) in [6.45, 7) is 2.47. The third-order valence-electron chi connectivity index (χ3n) is 1.52. The SMILES string of the molecule is CCOC(=O)/C=C/COc1cccnc1. The van der Waals surface area contributed by atoms with Crippen molar-refractivity contribution in [3.8, 4) is 5.75 Å². The molecule has 0 aliphatic carbocycles. The first-order valence-electron chi connectivity index (χ1n) is 4.69. The van der Waals surface area contributed by atoms with Crippen molar-refractivity contribution in [3.05, 3.63) is 36.7 Å². The van der Waals surface area contributed by atoms with Gasteiger partial charge in [-0.25, -0.2) is 4.79 Å². The van der Waals surface area contributed by atoms with Crippen LogP contribution in [0.15, 0.2) is 36.7 Å². The molecule has 0 aromatic carbocycles. The minimum absolute atomic E-state index is 0.324. The Bertz CT molecular complexity index is 322. The smallest absolute Gasteiger partial charge is 0.330 e. The highest BCUT2D eigenvalue weighted by Crippen LogP contribution is 2.05. The fraction of sp³-hybridized carbons (Fsp3) is 0.273. The van der Waals surface area contributed by atoms with E-state index in [9.17, 15) is 4.79 Å². The zero-order chi connectivity index (χ0) is 10.9. The van der Waals surface area contributed by atoms with Gasteiger partial charge in [0.15, 0.2) is 0 Å². The van der Waals surface area contributed by atoms with Crippen LogP contribution in [0.3, 0.4) is 0 Å². The van der Waals surface area contributed by atoms with Gasteiger partial charge in [-0.15, -0.1) is 0 Å². The average Bonchev–Trinajstić information content (AvgIpc) is 2.26. The van der Waals surface area contributed by atoms with Crippen molar-refractivity contribution in [2.24, 2.45) is 0 Å². The maximum atomic E-state index is 10.9. The number of nitrogens with zero attached hydrogens (tertiary/aromatic N) is 1. The summed E-state index contributed by atoms with van der Waals surface area (Å²) in [6.07, 6.45) is 6.23. The molecular weight excluding hydrogens is 194 g/mol. The number of carbonyl (C=O) groups excluding carboxylic acids is 1. The van der Waals surface area contributed by atoms with Crippen LogP contribution in [0.25, 0.3) is 0 Å². The minimum atomic E-state index is -0.354. The molecule has 1 aromatic rings. The normalized spacial score (nSPS) is 10.2. The maximum Gasteiger partial charge on any atom is 0.330 e. The zero-order valence-electron chi connectivity index (χ0n) is 8.55. The van der Waals surface area contributed by atoms with Gasteiger partial charge in [-0.1, -0.05) is 0 Å². The van der Waals surface area contributed by atoms with Gasteiger partial charge in [0, 0.05) is 12.3 Å². The first-order chi connectivity index (χ1) is 7.33. The molecule has 0 amide bonds.